The molecule has 0 saturated heterocycles. The van der Waals surface area contributed by atoms with Crippen molar-refractivity contribution in [2.75, 3.05) is 11.0 Å². The van der Waals surface area contributed by atoms with Gasteiger partial charge in [-0.3, -0.25) is 14.5 Å². The maximum atomic E-state index is 11.5. The third kappa shape index (κ3) is 4.94. The van der Waals surface area contributed by atoms with E-state index in [1.54, 1.807) is 48.8 Å². The molecule has 6 nitrogen and oxygen atoms in total. The van der Waals surface area contributed by atoms with Gasteiger partial charge in [0.2, 0.25) is 10.0 Å². The monoisotopic (exact) mass is 427 g/mol. The van der Waals surface area contributed by atoms with Crippen LogP contribution in [0.2, 0.25) is 0 Å². The minimum atomic E-state index is -3.30. The molecule has 0 aliphatic rings. The Morgan fingerprint density at radius 3 is 2.19 bits per heavy atom. The van der Waals surface area contributed by atoms with Gasteiger partial charge in [-0.2, -0.15) is 0 Å². The smallest absolute Gasteiger partial charge is 0.229 e. The number of aldehydes is 1. The Labute approximate surface area is 180 Å². The summed E-state index contributed by atoms with van der Waals surface area (Å²) in [5.74, 6) is 6.14. The Morgan fingerprint density at radius 1 is 0.935 bits per heavy atom. The third-order valence-corrected chi connectivity index (χ3v) is 5.10. The highest BCUT2D eigenvalue weighted by Gasteiger charge is 2.07. The summed E-state index contributed by atoms with van der Waals surface area (Å²) >= 11 is 0. The van der Waals surface area contributed by atoms with E-state index in [9.17, 15) is 13.2 Å². The first kappa shape index (κ1) is 20.3. The molecule has 0 unspecified atom stereocenters. The van der Waals surface area contributed by atoms with Crippen molar-refractivity contribution in [3.05, 3.63) is 89.7 Å². The molecule has 0 aliphatic carbocycles. The maximum absolute atomic E-state index is 11.5. The van der Waals surface area contributed by atoms with Crippen LogP contribution in [-0.2, 0) is 10.0 Å². The van der Waals surface area contributed by atoms with Gasteiger partial charge in [0, 0.05) is 45.7 Å². The predicted molar refractivity (Wildman–Crippen MR) is 121 cm³/mol. The summed E-state index contributed by atoms with van der Waals surface area (Å²) in [4.78, 5) is 20.1. The molecular weight excluding hydrogens is 410 g/mol. The van der Waals surface area contributed by atoms with E-state index >= 15 is 0 Å². The van der Waals surface area contributed by atoms with Gasteiger partial charge in [0.25, 0.3) is 0 Å². The Hall–Kier alpha value is -4.02. The number of benzene rings is 2. The van der Waals surface area contributed by atoms with Gasteiger partial charge in [-0.05, 0) is 48.5 Å². The molecule has 0 bridgehead atoms. The number of fused-ring (bicyclic) bond motifs is 1. The molecule has 0 amide bonds. The molecule has 2 heterocycles. The van der Waals surface area contributed by atoms with Crippen LogP contribution in [0.1, 0.15) is 21.5 Å². The molecule has 2 aromatic carbocycles. The van der Waals surface area contributed by atoms with E-state index in [1.165, 1.54) is 0 Å². The van der Waals surface area contributed by atoms with Crippen LogP contribution in [0.4, 0.5) is 5.69 Å². The van der Waals surface area contributed by atoms with E-state index in [2.05, 4.69) is 26.5 Å². The zero-order valence-corrected chi connectivity index (χ0v) is 17.3. The molecule has 0 spiro atoms. The number of sulfonamides is 1. The number of aromatic nitrogens is 2. The molecule has 4 rings (SSSR count). The molecule has 0 aliphatic heterocycles. The highest BCUT2D eigenvalue weighted by Crippen LogP contribution is 2.23. The molecule has 7 heteroatoms. The lowest BCUT2D eigenvalue weighted by atomic mass is 10.0. The number of carbonyl (C=O) groups excluding carboxylic acids is 1. The molecule has 0 radical (unpaired) electrons. The second-order valence-corrected chi connectivity index (χ2v) is 8.63. The number of anilines is 1. The standard InChI is InChI=1S/C24H17N3O3S/c1-31(29,30)27-21-10-6-18(7-11-21)3-2-17-4-8-19(9-5-17)24-14-20(16-28)22-15-25-13-12-23(22)26-24/h4-16,27H,1H3. The van der Waals surface area contributed by atoms with E-state index in [1.807, 2.05) is 24.3 Å². The van der Waals surface area contributed by atoms with Gasteiger partial charge < -0.3 is 0 Å². The summed E-state index contributed by atoms with van der Waals surface area (Å²) in [6.07, 6.45) is 5.20. The highest BCUT2D eigenvalue weighted by atomic mass is 32.2. The Morgan fingerprint density at radius 2 is 1.58 bits per heavy atom. The lowest BCUT2D eigenvalue weighted by Crippen LogP contribution is -2.09. The molecular formula is C24H17N3O3S. The SMILES string of the molecule is CS(=O)(=O)Nc1ccc(C#Cc2ccc(-c3cc(C=O)c4cnccc4n3)cc2)cc1. The van der Waals surface area contributed by atoms with Gasteiger partial charge in [-0.25, -0.2) is 13.4 Å². The second kappa shape index (κ2) is 8.38. The molecule has 0 atom stereocenters. The molecule has 31 heavy (non-hydrogen) atoms. The fourth-order valence-electron chi connectivity index (χ4n) is 3.04. The van der Waals surface area contributed by atoms with Crippen LogP contribution >= 0.6 is 0 Å². The van der Waals surface area contributed by atoms with Gasteiger partial charge in [-0.1, -0.05) is 24.0 Å². The summed E-state index contributed by atoms with van der Waals surface area (Å²) in [5, 5.41) is 0.724. The molecule has 0 saturated carbocycles. The number of rotatable bonds is 4. The van der Waals surface area contributed by atoms with Crippen LogP contribution in [-0.4, -0.2) is 30.9 Å². The summed E-state index contributed by atoms with van der Waals surface area (Å²) < 4.78 is 24.9. The first-order valence-electron chi connectivity index (χ1n) is 9.31. The number of nitrogens with one attached hydrogen (secondary N) is 1. The van der Waals surface area contributed by atoms with E-state index in [4.69, 9.17) is 0 Å². The lowest BCUT2D eigenvalue weighted by molar-refractivity contribution is 0.112. The predicted octanol–water partition coefficient (Wildman–Crippen LogP) is 3.88. The Kier molecular flexibility index (Phi) is 5.48. The molecule has 4 aromatic rings. The van der Waals surface area contributed by atoms with Crippen molar-refractivity contribution >= 4 is 32.9 Å². The Bertz CT molecular complexity index is 1430. The van der Waals surface area contributed by atoms with E-state index < -0.39 is 10.0 Å². The average molecular weight is 427 g/mol. The van der Waals surface area contributed by atoms with E-state index in [-0.39, 0.29) is 0 Å². The number of nitrogens with zero attached hydrogens (tertiary/aromatic N) is 2. The van der Waals surface area contributed by atoms with Crippen molar-refractivity contribution in [3.8, 4) is 23.1 Å². The topological polar surface area (TPSA) is 89.0 Å². The van der Waals surface area contributed by atoms with Crippen LogP contribution in [0.15, 0.2) is 73.1 Å². The average Bonchev–Trinajstić information content (AvgIpc) is 2.77. The second-order valence-electron chi connectivity index (χ2n) is 6.89. The van der Waals surface area contributed by atoms with Crippen molar-refractivity contribution in [2.45, 2.75) is 0 Å². The van der Waals surface area contributed by atoms with Crippen molar-refractivity contribution < 1.29 is 13.2 Å². The highest BCUT2D eigenvalue weighted by molar-refractivity contribution is 7.92. The molecule has 2 aromatic heterocycles. The summed E-state index contributed by atoms with van der Waals surface area (Å²) in [6, 6.07) is 18.0. The van der Waals surface area contributed by atoms with Gasteiger partial charge in [0.15, 0.2) is 6.29 Å². The maximum Gasteiger partial charge on any atom is 0.229 e. The number of pyridine rings is 2. The zero-order chi connectivity index (χ0) is 21.8. The van der Waals surface area contributed by atoms with E-state index in [0.29, 0.717) is 22.5 Å². The number of carbonyl (C=O) groups is 1. The summed E-state index contributed by atoms with van der Waals surface area (Å²) in [7, 11) is -3.30. The van der Waals surface area contributed by atoms with Crippen LogP contribution < -0.4 is 4.72 Å². The fraction of sp³-hybridized carbons (Fsp3) is 0.0417. The van der Waals surface area contributed by atoms with Gasteiger partial charge in [-0.15, -0.1) is 0 Å². The Balaban J connectivity index is 1.56. The zero-order valence-electron chi connectivity index (χ0n) is 16.5. The minimum Gasteiger partial charge on any atom is -0.298 e. The minimum absolute atomic E-state index is 0.491. The van der Waals surface area contributed by atoms with Crippen molar-refractivity contribution in [2.24, 2.45) is 0 Å². The third-order valence-electron chi connectivity index (χ3n) is 4.49. The number of hydrogen-bond donors (Lipinski definition) is 1. The lowest BCUT2D eigenvalue weighted by Gasteiger charge is -2.06. The van der Waals surface area contributed by atoms with Crippen LogP contribution in [0.5, 0.6) is 0 Å². The normalized spacial score (nSPS) is 10.9. The quantitative estimate of drug-likeness (QED) is 0.394. The first-order valence-corrected chi connectivity index (χ1v) is 11.2. The van der Waals surface area contributed by atoms with Crippen LogP contribution in [0.25, 0.3) is 22.2 Å². The van der Waals surface area contributed by atoms with Gasteiger partial charge in [0.05, 0.1) is 17.5 Å². The van der Waals surface area contributed by atoms with Crippen molar-refractivity contribution in [1.82, 2.24) is 9.97 Å². The van der Waals surface area contributed by atoms with Crippen LogP contribution in [0, 0.1) is 11.8 Å². The first-order chi connectivity index (χ1) is 14.9. The van der Waals surface area contributed by atoms with Gasteiger partial charge in [0.1, 0.15) is 0 Å². The molecule has 1 N–H and O–H groups in total. The molecule has 152 valence electrons. The van der Waals surface area contributed by atoms with E-state index in [0.717, 1.165) is 34.6 Å². The number of hydrogen-bond acceptors (Lipinski definition) is 5. The van der Waals surface area contributed by atoms with Gasteiger partial charge >= 0.3 is 0 Å². The fourth-order valence-corrected chi connectivity index (χ4v) is 3.61. The summed E-state index contributed by atoms with van der Waals surface area (Å²) in [5.41, 5.74) is 4.92. The van der Waals surface area contributed by atoms with Crippen molar-refractivity contribution in [3.63, 3.8) is 0 Å². The van der Waals surface area contributed by atoms with Crippen molar-refractivity contribution in [1.29, 1.82) is 0 Å². The van der Waals surface area contributed by atoms with Crippen LogP contribution in [0.3, 0.4) is 0 Å². The largest absolute Gasteiger partial charge is 0.298 e. The molecule has 0 fully saturated rings. The summed E-state index contributed by atoms with van der Waals surface area (Å²) in [6.45, 7) is 0.